The molecular formula is C21H28BrNO2. The molecule has 2 aromatic rings. The van der Waals surface area contributed by atoms with E-state index in [-0.39, 0.29) is 5.54 Å². The molecule has 0 saturated carbocycles. The van der Waals surface area contributed by atoms with Crippen LogP contribution in [0.15, 0.2) is 40.9 Å². The van der Waals surface area contributed by atoms with Crippen LogP contribution in [0.4, 0.5) is 0 Å². The topological polar surface area (TPSA) is 30.5 Å². The summed E-state index contributed by atoms with van der Waals surface area (Å²) < 4.78 is 12.5. The predicted molar refractivity (Wildman–Crippen MR) is 107 cm³/mol. The van der Waals surface area contributed by atoms with Gasteiger partial charge in [0.2, 0.25) is 0 Å². The summed E-state index contributed by atoms with van der Waals surface area (Å²) in [6, 6.07) is 12.4. The molecule has 136 valence electrons. The Labute approximate surface area is 159 Å². The molecule has 4 heteroatoms. The molecule has 2 rings (SSSR count). The smallest absolute Gasteiger partial charge is 0.162 e. The molecule has 3 nitrogen and oxygen atoms in total. The molecule has 0 atom stereocenters. The summed E-state index contributed by atoms with van der Waals surface area (Å²) in [6.07, 6.45) is 1.07. The van der Waals surface area contributed by atoms with Crippen LogP contribution in [0.1, 0.15) is 43.9 Å². The molecule has 0 aliphatic heterocycles. The fraction of sp³-hybridized carbons (Fsp3) is 0.429. The number of ether oxygens (including phenoxy) is 2. The summed E-state index contributed by atoms with van der Waals surface area (Å²) in [7, 11) is 1.68. The van der Waals surface area contributed by atoms with Crippen molar-refractivity contribution in [3.63, 3.8) is 0 Å². The van der Waals surface area contributed by atoms with Gasteiger partial charge in [-0.2, -0.15) is 0 Å². The van der Waals surface area contributed by atoms with E-state index < -0.39 is 0 Å². The minimum absolute atomic E-state index is 0.104. The highest BCUT2D eigenvalue weighted by Gasteiger charge is 2.16. The van der Waals surface area contributed by atoms with Gasteiger partial charge in [-0.25, -0.2) is 0 Å². The molecular weight excluding hydrogens is 378 g/mol. The zero-order chi connectivity index (χ0) is 18.4. The Morgan fingerprint density at radius 2 is 1.76 bits per heavy atom. The van der Waals surface area contributed by atoms with Crippen molar-refractivity contribution in [2.24, 2.45) is 0 Å². The first-order valence-electron chi connectivity index (χ1n) is 8.64. The highest BCUT2D eigenvalue weighted by Crippen LogP contribution is 2.34. The molecule has 0 heterocycles. The first-order valence-corrected chi connectivity index (χ1v) is 9.43. The number of halogens is 1. The predicted octanol–water partition coefficient (Wildman–Crippen LogP) is 5.62. The molecule has 0 aromatic heterocycles. The molecule has 25 heavy (non-hydrogen) atoms. The van der Waals surface area contributed by atoms with E-state index in [2.05, 4.69) is 73.2 Å². The summed E-state index contributed by atoms with van der Waals surface area (Å²) in [6.45, 7) is 9.97. The largest absolute Gasteiger partial charge is 0.493 e. The standard InChI is InChI=1S/C21H28BrNO2/c1-6-21(3,4)23-13-17-11-19(24-5)20(12-18(17)22)25-14-16-9-7-15(2)8-10-16/h7-12,23H,6,13-14H2,1-5H3. The Morgan fingerprint density at radius 1 is 1.08 bits per heavy atom. The number of rotatable bonds is 8. The minimum atomic E-state index is 0.104. The number of hydrogen-bond donors (Lipinski definition) is 1. The average Bonchev–Trinajstić information content (AvgIpc) is 2.60. The van der Waals surface area contributed by atoms with E-state index in [0.717, 1.165) is 40.1 Å². The van der Waals surface area contributed by atoms with E-state index in [1.54, 1.807) is 7.11 Å². The van der Waals surface area contributed by atoms with Crippen molar-refractivity contribution < 1.29 is 9.47 Å². The Bertz CT molecular complexity index is 696. The molecule has 0 amide bonds. The van der Waals surface area contributed by atoms with Gasteiger partial charge in [0.15, 0.2) is 11.5 Å². The summed E-state index contributed by atoms with van der Waals surface area (Å²) in [5, 5.41) is 3.57. The van der Waals surface area contributed by atoms with Gasteiger partial charge in [0.25, 0.3) is 0 Å². The maximum Gasteiger partial charge on any atom is 0.162 e. The van der Waals surface area contributed by atoms with Gasteiger partial charge in [-0.05, 0) is 50.5 Å². The molecule has 0 saturated heterocycles. The van der Waals surface area contributed by atoms with Crippen molar-refractivity contribution in [1.29, 1.82) is 0 Å². The Hall–Kier alpha value is -1.52. The maximum absolute atomic E-state index is 5.98. The van der Waals surface area contributed by atoms with Crippen molar-refractivity contribution in [2.75, 3.05) is 7.11 Å². The van der Waals surface area contributed by atoms with Crippen molar-refractivity contribution in [3.8, 4) is 11.5 Å². The molecule has 0 bridgehead atoms. The fourth-order valence-corrected chi connectivity index (χ4v) is 2.75. The van der Waals surface area contributed by atoms with E-state index >= 15 is 0 Å². The van der Waals surface area contributed by atoms with Gasteiger partial charge in [0, 0.05) is 16.6 Å². The number of benzene rings is 2. The molecule has 0 spiro atoms. The Kier molecular flexibility index (Phi) is 6.91. The van der Waals surface area contributed by atoms with E-state index in [1.165, 1.54) is 5.56 Å². The average molecular weight is 406 g/mol. The monoisotopic (exact) mass is 405 g/mol. The second-order valence-electron chi connectivity index (χ2n) is 6.96. The summed E-state index contributed by atoms with van der Waals surface area (Å²) in [5.74, 6) is 1.50. The quantitative estimate of drug-likeness (QED) is 0.617. The van der Waals surface area contributed by atoms with E-state index in [0.29, 0.717) is 6.61 Å². The lowest BCUT2D eigenvalue weighted by molar-refractivity contribution is 0.284. The van der Waals surface area contributed by atoms with Gasteiger partial charge in [0.1, 0.15) is 6.61 Å². The molecule has 0 radical (unpaired) electrons. The van der Waals surface area contributed by atoms with Crippen LogP contribution in [0, 0.1) is 6.92 Å². The number of methoxy groups -OCH3 is 1. The Morgan fingerprint density at radius 3 is 2.36 bits per heavy atom. The summed E-state index contributed by atoms with van der Waals surface area (Å²) in [5.41, 5.74) is 3.64. The van der Waals surface area contributed by atoms with E-state index in [1.807, 2.05) is 12.1 Å². The highest BCUT2D eigenvalue weighted by atomic mass is 79.9. The van der Waals surface area contributed by atoms with Gasteiger partial charge in [-0.3, -0.25) is 0 Å². The van der Waals surface area contributed by atoms with Crippen molar-refractivity contribution in [3.05, 3.63) is 57.6 Å². The minimum Gasteiger partial charge on any atom is -0.493 e. The number of aryl methyl sites for hydroxylation is 1. The third-order valence-electron chi connectivity index (χ3n) is 4.49. The van der Waals surface area contributed by atoms with Crippen LogP contribution in [0.3, 0.4) is 0 Å². The Balaban J connectivity index is 2.11. The van der Waals surface area contributed by atoms with Crippen molar-refractivity contribution >= 4 is 15.9 Å². The highest BCUT2D eigenvalue weighted by molar-refractivity contribution is 9.10. The van der Waals surface area contributed by atoms with Crippen LogP contribution in [0.25, 0.3) is 0 Å². The van der Waals surface area contributed by atoms with Gasteiger partial charge < -0.3 is 14.8 Å². The van der Waals surface area contributed by atoms with Crippen LogP contribution in [-0.2, 0) is 13.2 Å². The molecule has 1 N–H and O–H groups in total. The summed E-state index contributed by atoms with van der Waals surface area (Å²) in [4.78, 5) is 0. The van der Waals surface area contributed by atoms with Gasteiger partial charge in [0.05, 0.1) is 7.11 Å². The molecule has 0 aliphatic carbocycles. The molecule has 0 fully saturated rings. The molecule has 2 aromatic carbocycles. The number of hydrogen-bond acceptors (Lipinski definition) is 3. The van der Waals surface area contributed by atoms with Crippen LogP contribution < -0.4 is 14.8 Å². The van der Waals surface area contributed by atoms with Crippen molar-refractivity contribution in [1.82, 2.24) is 5.32 Å². The lowest BCUT2D eigenvalue weighted by Crippen LogP contribution is -2.37. The number of nitrogens with one attached hydrogen (secondary N) is 1. The van der Waals surface area contributed by atoms with Crippen LogP contribution >= 0.6 is 15.9 Å². The first-order chi connectivity index (χ1) is 11.8. The van der Waals surface area contributed by atoms with E-state index in [9.17, 15) is 0 Å². The van der Waals surface area contributed by atoms with Crippen LogP contribution in [-0.4, -0.2) is 12.6 Å². The lowest BCUT2D eigenvalue weighted by Gasteiger charge is -2.25. The zero-order valence-electron chi connectivity index (χ0n) is 15.8. The lowest BCUT2D eigenvalue weighted by atomic mass is 10.0. The van der Waals surface area contributed by atoms with Gasteiger partial charge in [-0.15, -0.1) is 0 Å². The van der Waals surface area contributed by atoms with Crippen LogP contribution in [0.5, 0.6) is 11.5 Å². The summed E-state index contributed by atoms with van der Waals surface area (Å²) >= 11 is 3.66. The zero-order valence-corrected chi connectivity index (χ0v) is 17.4. The second kappa shape index (κ2) is 8.72. The van der Waals surface area contributed by atoms with E-state index in [4.69, 9.17) is 9.47 Å². The van der Waals surface area contributed by atoms with Gasteiger partial charge >= 0.3 is 0 Å². The second-order valence-corrected chi connectivity index (χ2v) is 7.81. The third-order valence-corrected chi connectivity index (χ3v) is 5.23. The SMILES string of the molecule is CCC(C)(C)NCc1cc(OC)c(OCc2ccc(C)cc2)cc1Br. The fourth-order valence-electron chi connectivity index (χ4n) is 2.29. The third kappa shape index (κ3) is 5.75. The first kappa shape index (κ1) is 19.8. The maximum atomic E-state index is 5.98. The van der Waals surface area contributed by atoms with Crippen molar-refractivity contribution in [2.45, 2.75) is 52.8 Å². The van der Waals surface area contributed by atoms with Gasteiger partial charge in [-0.1, -0.05) is 52.7 Å². The normalized spacial score (nSPS) is 11.4. The molecule has 0 unspecified atom stereocenters. The van der Waals surface area contributed by atoms with Crippen LogP contribution in [0.2, 0.25) is 0 Å². The molecule has 0 aliphatic rings.